The van der Waals surface area contributed by atoms with E-state index in [-0.39, 0.29) is 11.6 Å². The second-order valence-corrected chi connectivity index (χ2v) is 7.03. The van der Waals surface area contributed by atoms with Crippen LogP contribution < -0.4 is 0 Å². The molecule has 4 aromatic rings. The summed E-state index contributed by atoms with van der Waals surface area (Å²) in [5.41, 5.74) is 5.41. The van der Waals surface area contributed by atoms with E-state index < -0.39 is 0 Å². The molecule has 0 aliphatic carbocycles. The van der Waals surface area contributed by atoms with Crippen molar-refractivity contribution in [1.29, 1.82) is 5.26 Å². The number of halogens is 1. The minimum Gasteiger partial charge on any atom is -0.327 e. The number of rotatable bonds is 4. The van der Waals surface area contributed by atoms with E-state index in [1.807, 2.05) is 31.2 Å². The number of nitrogens with zero attached hydrogens (tertiary/aromatic N) is 4. The minimum atomic E-state index is -0.315. The number of hydrogen-bond donors (Lipinski definition) is 0. The summed E-state index contributed by atoms with van der Waals surface area (Å²) in [4.78, 5) is 20.0. The molecule has 5 nitrogen and oxygen atoms in total. The van der Waals surface area contributed by atoms with Crippen molar-refractivity contribution in [3.63, 3.8) is 0 Å². The van der Waals surface area contributed by atoms with Crippen LogP contribution >= 0.6 is 0 Å². The molecule has 0 aliphatic heterocycles. The van der Waals surface area contributed by atoms with E-state index in [1.54, 1.807) is 0 Å². The van der Waals surface area contributed by atoms with Gasteiger partial charge in [0.1, 0.15) is 23.0 Å². The lowest BCUT2D eigenvalue weighted by Crippen LogP contribution is -2.01. The van der Waals surface area contributed by atoms with Crippen LogP contribution in [0, 0.1) is 24.1 Å². The molecule has 0 N–H and O–H groups in total. The molecule has 0 spiro atoms. The molecule has 4 rings (SSSR count). The lowest BCUT2D eigenvalue weighted by atomic mass is 10.1. The Labute approximate surface area is 174 Å². The zero-order valence-electron chi connectivity index (χ0n) is 17.3. The first-order valence-corrected chi connectivity index (χ1v) is 9.88. The van der Waals surface area contributed by atoms with Crippen molar-refractivity contribution < 1.29 is 9.18 Å². The maximum absolute atomic E-state index is 12.2. The van der Waals surface area contributed by atoms with Gasteiger partial charge in [-0.1, -0.05) is 25.5 Å². The van der Waals surface area contributed by atoms with Gasteiger partial charge in [-0.15, -0.1) is 0 Å². The number of unbranched alkanes of at least 4 members (excludes halogenated alkanes) is 1. The second-order valence-electron chi connectivity index (χ2n) is 7.03. The molecule has 0 atom stereocenters. The van der Waals surface area contributed by atoms with E-state index in [0.29, 0.717) is 11.1 Å². The summed E-state index contributed by atoms with van der Waals surface area (Å²) in [5, 5.41) is 9.40. The van der Waals surface area contributed by atoms with Crippen molar-refractivity contribution >= 4 is 28.0 Å². The van der Waals surface area contributed by atoms with E-state index in [0.717, 1.165) is 47.3 Å². The summed E-state index contributed by atoms with van der Waals surface area (Å²) in [6, 6.07) is 15.6. The van der Waals surface area contributed by atoms with E-state index in [1.165, 1.54) is 31.2 Å². The monoisotopic (exact) mass is 402 g/mol. The highest BCUT2D eigenvalue weighted by Crippen LogP contribution is 2.25. The average Bonchev–Trinajstić information content (AvgIpc) is 3.01. The Kier molecular flexibility index (Phi) is 6.53. The smallest absolute Gasteiger partial charge is 0.160 e. The van der Waals surface area contributed by atoms with Crippen LogP contribution in [0.2, 0.25) is 0 Å². The van der Waals surface area contributed by atoms with Crippen molar-refractivity contribution in [2.24, 2.45) is 0 Å². The lowest BCUT2D eigenvalue weighted by Gasteiger charge is -2.06. The van der Waals surface area contributed by atoms with Crippen LogP contribution in [0.1, 0.15) is 48.3 Å². The van der Waals surface area contributed by atoms with Gasteiger partial charge in [0.15, 0.2) is 11.4 Å². The van der Waals surface area contributed by atoms with Gasteiger partial charge in [-0.05, 0) is 56.7 Å². The molecular formula is C24H23FN4O. The topological polar surface area (TPSA) is 71.6 Å². The summed E-state index contributed by atoms with van der Waals surface area (Å²) >= 11 is 0. The van der Waals surface area contributed by atoms with E-state index in [2.05, 4.69) is 22.5 Å². The number of para-hydroxylation sites is 2. The number of hydrogen-bond acceptors (Lipinski definition) is 4. The summed E-state index contributed by atoms with van der Waals surface area (Å²) < 4.78 is 14.4. The van der Waals surface area contributed by atoms with Gasteiger partial charge >= 0.3 is 0 Å². The summed E-state index contributed by atoms with van der Waals surface area (Å²) in [5.74, 6) is -0.356. The number of ketones is 1. The van der Waals surface area contributed by atoms with E-state index in [9.17, 15) is 14.4 Å². The number of Topliss-reactive ketones (excluding diaryl/α,β-unsaturated/α-hetero) is 1. The maximum atomic E-state index is 12.2. The molecule has 2 aromatic carbocycles. The molecule has 2 heterocycles. The Morgan fingerprint density at radius 3 is 2.30 bits per heavy atom. The number of nitriles is 1. The third kappa shape index (κ3) is 4.36. The van der Waals surface area contributed by atoms with Crippen LogP contribution in [0.3, 0.4) is 0 Å². The zero-order chi connectivity index (χ0) is 21.7. The second kappa shape index (κ2) is 9.27. The summed E-state index contributed by atoms with van der Waals surface area (Å²) in [6.07, 6.45) is 2.19. The molecule has 0 bridgehead atoms. The fourth-order valence-electron chi connectivity index (χ4n) is 3.22. The molecule has 0 fully saturated rings. The minimum absolute atomic E-state index is 0.0417. The van der Waals surface area contributed by atoms with Crippen LogP contribution in [0.4, 0.5) is 4.39 Å². The Hall–Kier alpha value is -3.59. The molecule has 0 amide bonds. The summed E-state index contributed by atoms with van der Waals surface area (Å²) in [7, 11) is 0. The van der Waals surface area contributed by atoms with Gasteiger partial charge in [0, 0.05) is 17.8 Å². The number of aryl methyl sites for hydroxylation is 1. The first kappa shape index (κ1) is 21.1. The highest BCUT2D eigenvalue weighted by Gasteiger charge is 2.16. The van der Waals surface area contributed by atoms with Gasteiger partial charge in [0.2, 0.25) is 0 Å². The molecule has 0 radical (unpaired) electrons. The average molecular weight is 402 g/mol. The maximum Gasteiger partial charge on any atom is 0.160 e. The lowest BCUT2D eigenvalue weighted by molar-refractivity contribution is 0.101. The van der Waals surface area contributed by atoms with Crippen molar-refractivity contribution in [2.75, 3.05) is 0 Å². The van der Waals surface area contributed by atoms with Gasteiger partial charge in [0.25, 0.3) is 0 Å². The molecule has 152 valence electrons. The van der Waals surface area contributed by atoms with Crippen molar-refractivity contribution in [3.05, 3.63) is 71.2 Å². The van der Waals surface area contributed by atoms with Crippen LogP contribution in [0.5, 0.6) is 0 Å². The van der Waals surface area contributed by atoms with Gasteiger partial charge in [0.05, 0.1) is 11.0 Å². The number of fused-ring (bicyclic) bond motifs is 2. The van der Waals surface area contributed by atoms with Crippen LogP contribution in [0.25, 0.3) is 22.2 Å². The van der Waals surface area contributed by atoms with Gasteiger partial charge in [-0.3, -0.25) is 4.79 Å². The first-order chi connectivity index (χ1) is 14.5. The van der Waals surface area contributed by atoms with Crippen LogP contribution in [-0.4, -0.2) is 20.3 Å². The first-order valence-electron chi connectivity index (χ1n) is 9.88. The van der Waals surface area contributed by atoms with E-state index >= 15 is 0 Å². The van der Waals surface area contributed by atoms with Gasteiger partial charge in [-0.2, -0.15) is 5.26 Å². The molecule has 0 saturated carbocycles. The molecule has 6 heteroatoms. The number of benzene rings is 2. The molecule has 2 aromatic heterocycles. The van der Waals surface area contributed by atoms with Crippen LogP contribution in [0.15, 0.2) is 48.5 Å². The highest BCUT2D eigenvalue weighted by molar-refractivity contribution is 5.94. The number of carbonyl (C=O) groups is 1. The zero-order valence-corrected chi connectivity index (χ0v) is 17.3. The fourth-order valence-corrected chi connectivity index (χ4v) is 3.22. The van der Waals surface area contributed by atoms with Crippen molar-refractivity contribution in [1.82, 2.24) is 14.5 Å². The normalized spacial score (nSPS) is 10.5. The molecule has 0 aliphatic rings. The molecule has 0 unspecified atom stereocenters. The van der Waals surface area contributed by atoms with Crippen molar-refractivity contribution in [2.45, 2.75) is 40.2 Å². The Morgan fingerprint density at radius 1 is 1.10 bits per heavy atom. The third-order valence-corrected chi connectivity index (χ3v) is 4.91. The largest absolute Gasteiger partial charge is 0.327 e. The third-order valence-electron chi connectivity index (χ3n) is 4.91. The fraction of sp³-hybridized carbons (Fsp3) is 0.250. The number of aromatic nitrogens is 3. The van der Waals surface area contributed by atoms with Gasteiger partial charge in [-0.25, -0.2) is 14.4 Å². The number of carbonyl (C=O) groups excluding carboxylic acids is 1. The van der Waals surface area contributed by atoms with Crippen molar-refractivity contribution in [3.8, 4) is 6.07 Å². The van der Waals surface area contributed by atoms with Gasteiger partial charge < -0.3 is 4.57 Å². The standard InChI is InChI=1S/C16H16N4.C8H7FO/c1-3-4-9-20-11(2)12(10-17)15-16(20)19-14-8-6-5-7-13(14)18-15;1-6(10)7-2-4-8(9)5-3-7/h5-8H,3-4,9H2,1-2H3;2-5H,1H3. The summed E-state index contributed by atoms with van der Waals surface area (Å²) in [6.45, 7) is 6.47. The Balaban J connectivity index is 0.000000216. The van der Waals surface area contributed by atoms with Crippen LogP contribution in [-0.2, 0) is 6.54 Å². The van der Waals surface area contributed by atoms with E-state index in [4.69, 9.17) is 4.98 Å². The predicted molar refractivity (Wildman–Crippen MR) is 116 cm³/mol. The molecule has 30 heavy (non-hydrogen) atoms. The highest BCUT2D eigenvalue weighted by atomic mass is 19.1. The quantitative estimate of drug-likeness (QED) is 0.417. The predicted octanol–water partition coefficient (Wildman–Crippen LogP) is 5.59. The molecular weight excluding hydrogens is 379 g/mol. The SMILES string of the molecule is CC(=O)c1ccc(F)cc1.CCCCn1c(C)c(C#N)c2nc3ccccc3nc21. The Morgan fingerprint density at radius 2 is 1.73 bits per heavy atom. The Bertz CT molecular complexity index is 1240. The molecule has 0 saturated heterocycles.